The third kappa shape index (κ3) is 3.39. The number of nitrogens with one attached hydrogen (secondary N) is 1. The number of aryl methyl sites for hydroxylation is 1. The number of anilines is 1. The summed E-state index contributed by atoms with van der Waals surface area (Å²) in [4.78, 5) is 24.0. The smallest absolute Gasteiger partial charge is 0.360 e. The molecule has 9 heteroatoms. The largest absolute Gasteiger partial charge is 0.464 e. The summed E-state index contributed by atoms with van der Waals surface area (Å²) in [5, 5.41) is 10.2. The Morgan fingerprint density at radius 3 is 2.68 bits per heavy atom. The number of rotatable bonds is 4. The summed E-state index contributed by atoms with van der Waals surface area (Å²) in [5.74, 6) is -1.34. The third-order valence-electron chi connectivity index (χ3n) is 3.33. The molecule has 0 radical (unpaired) electrons. The number of carbonyl (C=O) groups excluding carboxylic acids is 2. The molecule has 0 spiro atoms. The number of amides is 1. The average molecular weight is 344 g/mol. The van der Waals surface area contributed by atoms with Crippen LogP contribution in [0.15, 0.2) is 41.1 Å². The maximum Gasteiger partial charge on any atom is 0.360 e. The Morgan fingerprint density at radius 1 is 1.28 bits per heavy atom. The second-order valence-corrected chi connectivity index (χ2v) is 5.09. The Balaban J connectivity index is 1.81. The number of carbonyl (C=O) groups is 2. The van der Waals surface area contributed by atoms with Gasteiger partial charge in [-0.05, 0) is 24.3 Å². The van der Waals surface area contributed by atoms with Crippen molar-refractivity contribution >= 4 is 17.6 Å². The number of aromatic nitrogens is 3. The van der Waals surface area contributed by atoms with E-state index in [1.807, 2.05) is 0 Å². The number of esters is 1. The van der Waals surface area contributed by atoms with E-state index in [9.17, 15) is 14.0 Å². The van der Waals surface area contributed by atoms with Gasteiger partial charge in [-0.3, -0.25) is 9.48 Å². The number of benzene rings is 1. The molecular weight excluding hydrogens is 331 g/mol. The van der Waals surface area contributed by atoms with Gasteiger partial charge in [0.15, 0.2) is 17.1 Å². The molecule has 0 saturated carbocycles. The van der Waals surface area contributed by atoms with Crippen molar-refractivity contribution in [1.29, 1.82) is 0 Å². The first kappa shape index (κ1) is 16.4. The van der Waals surface area contributed by atoms with Crippen molar-refractivity contribution in [2.24, 2.45) is 7.05 Å². The van der Waals surface area contributed by atoms with E-state index in [-0.39, 0.29) is 22.9 Å². The lowest BCUT2D eigenvalue weighted by Gasteiger charge is -2.01. The van der Waals surface area contributed by atoms with Gasteiger partial charge in [0.05, 0.1) is 12.8 Å². The summed E-state index contributed by atoms with van der Waals surface area (Å²) in [6.45, 7) is 0. The highest BCUT2D eigenvalue weighted by molar-refractivity contribution is 6.06. The van der Waals surface area contributed by atoms with Gasteiger partial charge in [-0.1, -0.05) is 5.16 Å². The Bertz CT molecular complexity index is 930. The van der Waals surface area contributed by atoms with Crippen LogP contribution in [0.5, 0.6) is 0 Å². The van der Waals surface area contributed by atoms with Crippen LogP contribution in [0.3, 0.4) is 0 Å². The molecule has 1 N–H and O–H groups in total. The van der Waals surface area contributed by atoms with Gasteiger partial charge in [-0.15, -0.1) is 0 Å². The van der Waals surface area contributed by atoms with Gasteiger partial charge in [-0.25, -0.2) is 9.18 Å². The molecule has 0 aliphatic heterocycles. The van der Waals surface area contributed by atoms with Gasteiger partial charge < -0.3 is 14.6 Å². The van der Waals surface area contributed by atoms with Crippen LogP contribution in [0.25, 0.3) is 11.3 Å². The Kier molecular flexibility index (Phi) is 4.29. The standard InChI is InChI=1S/C16H13FN4O4/c1-21-8-12(14(19-21)16(23)24-2)18-15(22)11-7-13(25-20-11)9-3-5-10(17)6-4-9/h3-8H,1-2H3,(H,18,22). The zero-order valence-corrected chi connectivity index (χ0v) is 13.3. The van der Waals surface area contributed by atoms with E-state index in [2.05, 4.69) is 20.3 Å². The van der Waals surface area contributed by atoms with Crippen LogP contribution in [-0.4, -0.2) is 33.9 Å². The highest BCUT2D eigenvalue weighted by Gasteiger charge is 2.21. The van der Waals surface area contributed by atoms with Crippen molar-refractivity contribution in [1.82, 2.24) is 14.9 Å². The van der Waals surface area contributed by atoms with Crippen LogP contribution in [0.4, 0.5) is 10.1 Å². The first-order valence-electron chi connectivity index (χ1n) is 7.14. The monoisotopic (exact) mass is 344 g/mol. The van der Waals surface area contributed by atoms with Crippen LogP contribution in [0.1, 0.15) is 21.0 Å². The van der Waals surface area contributed by atoms with E-state index in [1.54, 1.807) is 7.05 Å². The number of hydrogen-bond donors (Lipinski definition) is 1. The van der Waals surface area contributed by atoms with E-state index < -0.39 is 11.9 Å². The fraction of sp³-hybridized carbons (Fsp3) is 0.125. The molecule has 2 aromatic heterocycles. The SMILES string of the molecule is COC(=O)c1nn(C)cc1NC(=O)c1cc(-c2ccc(F)cc2)on1. The quantitative estimate of drug-likeness (QED) is 0.729. The minimum atomic E-state index is -0.678. The van der Waals surface area contributed by atoms with E-state index in [4.69, 9.17) is 4.52 Å². The van der Waals surface area contributed by atoms with Gasteiger partial charge >= 0.3 is 5.97 Å². The molecule has 0 unspecified atom stereocenters. The van der Waals surface area contributed by atoms with Crippen molar-refractivity contribution in [3.05, 3.63) is 53.7 Å². The van der Waals surface area contributed by atoms with Gasteiger partial charge in [0, 0.05) is 24.9 Å². The van der Waals surface area contributed by atoms with Crippen LogP contribution in [0.2, 0.25) is 0 Å². The van der Waals surface area contributed by atoms with Crippen molar-refractivity contribution in [3.8, 4) is 11.3 Å². The second kappa shape index (κ2) is 6.56. The fourth-order valence-corrected chi connectivity index (χ4v) is 2.15. The summed E-state index contributed by atoms with van der Waals surface area (Å²) in [6, 6.07) is 6.98. The summed E-state index contributed by atoms with van der Waals surface area (Å²) >= 11 is 0. The number of halogens is 1. The van der Waals surface area contributed by atoms with Crippen LogP contribution >= 0.6 is 0 Å². The van der Waals surface area contributed by atoms with Crippen LogP contribution < -0.4 is 5.32 Å². The Labute approximate surface area is 141 Å². The van der Waals surface area contributed by atoms with E-state index >= 15 is 0 Å². The number of nitrogens with zero attached hydrogens (tertiary/aromatic N) is 3. The van der Waals surface area contributed by atoms with Crippen LogP contribution in [-0.2, 0) is 11.8 Å². The Morgan fingerprint density at radius 2 is 2.00 bits per heavy atom. The maximum atomic E-state index is 13.0. The van der Waals surface area contributed by atoms with Gasteiger partial charge in [0.2, 0.25) is 0 Å². The van der Waals surface area contributed by atoms with E-state index in [0.717, 1.165) is 0 Å². The average Bonchev–Trinajstić information content (AvgIpc) is 3.22. The molecule has 0 atom stereocenters. The molecule has 1 aromatic carbocycles. The second-order valence-electron chi connectivity index (χ2n) is 5.09. The van der Waals surface area contributed by atoms with Crippen molar-refractivity contribution in [2.75, 3.05) is 12.4 Å². The molecule has 3 aromatic rings. The summed E-state index contributed by atoms with van der Waals surface area (Å²) in [6.07, 6.45) is 1.46. The molecule has 128 valence electrons. The van der Waals surface area contributed by atoms with E-state index in [1.165, 1.54) is 48.3 Å². The molecule has 2 heterocycles. The summed E-state index contributed by atoms with van der Waals surface area (Å²) < 4.78 is 24.1. The maximum absolute atomic E-state index is 13.0. The molecule has 0 aliphatic rings. The fourth-order valence-electron chi connectivity index (χ4n) is 2.15. The zero-order valence-electron chi connectivity index (χ0n) is 13.3. The molecular formula is C16H13FN4O4. The Hall–Kier alpha value is -3.49. The lowest BCUT2D eigenvalue weighted by atomic mass is 10.1. The first-order chi connectivity index (χ1) is 12.0. The van der Waals surface area contributed by atoms with Gasteiger partial charge in [0.1, 0.15) is 5.82 Å². The minimum absolute atomic E-state index is 0.000932. The van der Waals surface area contributed by atoms with Gasteiger partial charge in [-0.2, -0.15) is 5.10 Å². The summed E-state index contributed by atoms with van der Waals surface area (Å²) in [5.41, 5.74) is 0.731. The predicted octanol–water partition coefficient (Wildman–Crippen LogP) is 2.25. The highest BCUT2D eigenvalue weighted by Crippen LogP contribution is 2.22. The molecule has 0 bridgehead atoms. The molecule has 25 heavy (non-hydrogen) atoms. The lowest BCUT2D eigenvalue weighted by molar-refractivity contribution is 0.0594. The topological polar surface area (TPSA) is 99.2 Å². The third-order valence-corrected chi connectivity index (χ3v) is 3.33. The van der Waals surface area contributed by atoms with Crippen molar-refractivity contribution in [3.63, 3.8) is 0 Å². The molecule has 0 aliphatic carbocycles. The number of ether oxygens (including phenoxy) is 1. The minimum Gasteiger partial charge on any atom is -0.464 e. The van der Waals surface area contributed by atoms with Crippen molar-refractivity contribution in [2.45, 2.75) is 0 Å². The molecule has 8 nitrogen and oxygen atoms in total. The molecule has 1 amide bonds. The predicted molar refractivity (Wildman–Crippen MR) is 84.4 cm³/mol. The number of hydrogen-bond acceptors (Lipinski definition) is 6. The van der Waals surface area contributed by atoms with E-state index in [0.29, 0.717) is 11.3 Å². The van der Waals surface area contributed by atoms with Gasteiger partial charge in [0.25, 0.3) is 5.91 Å². The van der Waals surface area contributed by atoms with Crippen LogP contribution in [0, 0.1) is 5.82 Å². The normalized spacial score (nSPS) is 10.5. The zero-order chi connectivity index (χ0) is 18.0. The molecule has 3 rings (SSSR count). The number of methoxy groups -OCH3 is 1. The lowest BCUT2D eigenvalue weighted by Crippen LogP contribution is -2.15. The van der Waals surface area contributed by atoms with Crippen molar-refractivity contribution < 1.29 is 23.2 Å². The highest BCUT2D eigenvalue weighted by atomic mass is 19.1. The first-order valence-corrected chi connectivity index (χ1v) is 7.14. The summed E-state index contributed by atoms with van der Waals surface area (Å²) in [7, 11) is 2.82. The molecule has 0 saturated heterocycles. The molecule has 0 fully saturated rings.